The van der Waals surface area contributed by atoms with E-state index >= 15 is 0 Å². The Morgan fingerprint density at radius 1 is 1.27 bits per heavy atom. The number of hydrogen-bond donors (Lipinski definition) is 1. The van der Waals surface area contributed by atoms with Crippen molar-refractivity contribution in [2.45, 2.75) is 58.5 Å². The van der Waals surface area contributed by atoms with Gasteiger partial charge >= 0.3 is 0 Å². The molecule has 118 valence electrons. The predicted octanol–water partition coefficient (Wildman–Crippen LogP) is 3.53. The van der Waals surface area contributed by atoms with Crippen LogP contribution in [-0.4, -0.2) is 22.8 Å². The zero-order chi connectivity index (χ0) is 16.3. The van der Waals surface area contributed by atoms with Crippen molar-refractivity contribution in [3.05, 3.63) is 34.9 Å². The second-order valence-electron chi connectivity index (χ2n) is 7.79. The van der Waals surface area contributed by atoms with E-state index in [1.54, 1.807) is 6.07 Å². The molecule has 0 spiro atoms. The molecule has 3 heteroatoms. The average Bonchev–Trinajstić information content (AvgIpc) is 2.46. The first-order valence-electron chi connectivity index (χ1n) is 8.04. The zero-order valence-corrected chi connectivity index (χ0v) is 13.8. The van der Waals surface area contributed by atoms with Crippen molar-refractivity contribution < 1.29 is 14.7 Å². The van der Waals surface area contributed by atoms with Crippen molar-refractivity contribution in [3.8, 4) is 0 Å². The lowest BCUT2D eigenvalue weighted by molar-refractivity contribution is -0.0687. The summed E-state index contributed by atoms with van der Waals surface area (Å²) in [6.45, 7) is 7.88. The van der Waals surface area contributed by atoms with Crippen LogP contribution in [0.2, 0.25) is 0 Å². The third-order valence-corrected chi connectivity index (χ3v) is 6.19. The maximum Gasteiger partial charge on any atom is 0.163 e. The highest BCUT2D eigenvalue weighted by Gasteiger charge is 2.55. The monoisotopic (exact) mass is 300 g/mol. The highest BCUT2D eigenvalue weighted by Crippen LogP contribution is 2.56. The second-order valence-corrected chi connectivity index (χ2v) is 7.79. The summed E-state index contributed by atoms with van der Waals surface area (Å²) in [7, 11) is 0. The summed E-state index contributed by atoms with van der Waals surface area (Å²) in [6.07, 6.45) is 1.72. The van der Waals surface area contributed by atoms with Crippen LogP contribution in [-0.2, 0) is 5.41 Å². The molecule has 1 fully saturated rings. The number of rotatable bonds is 1. The van der Waals surface area contributed by atoms with E-state index in [-0.39, 0.29) is 34.4 Å². The zero-order valence-electron chi connectivity index (χ0n) is 13.8. The van der Waals surface area contributed by atoms with Crippen LogP contribution in [0, 0.1) is 11.3 Å². The van der Waals surface area contributed by atoms with Gasteiger partial charge in [0.2, 0.25) is 0 Å². The Kier molecular flexibility index (Phi) is 3.33. The molecule has 2 aliphatic carbocycles. The molecule has 3 atom stereocenters. The molecule has 3 nitrogen and oxygen atoms in total. The largest absolute Gasteiger partial charge is 0.393 e. The number of fused-ring (bicyclic) bond motifs is 3. The number of hydrogen-bond acceptors (Lipinski definition) is 3. The smallest absolute Gasteiger partial charge is 0.163 e. The summed E-state index contributed by atoms with van der Waals surface area (Å²) in [5.41, 5.74) is 1.97. The van der Waals surface area contributed by atoms with E-state index in [4.69, 9.17) is 0 Å². The van der Waals surface area contributed by atoms with Gasteiger partial charge in [0, 0.05) is 17.5 Å². The minimum Gasteiger partial charge on any atom is -0.393 e. The molecule has 0 bridgehead atoms. The summed E-state index contributed by atoms with van der Waals surface area (Å²) in [5.74, 6) is 0.219. The van der Waals surface area contributed by atoms with Crippen molar-refractivity contribution in [2.24, 2.45) is 11.3 Å². The first-order valence-corrected chi connectivity index (χ1v) is 8.04. The Morgan fingerprint density at radius 3 is 2.59 bits per heavy atom. The lowest BCUT2D eigenvalue weighted by Gasteiger charge is -2.55. The molecule has 3 rings (SSSR count). The number of Topliss-reactive ketones (excluding diaryl/α,β-unsaturated/α-hetero) is 2. The molecule has 22 heavy (non-hydrogen) atoms. The van der Waals surface area contributed by atoms with Crippen LogP contribution < -0.4 is 0 Å². The summed E-state index contributed by atoms with van der Waals surface area (Å²) >= 11 is 0. The maximum absolute atomic E-state index is 12.7. The Hall–Kier alpha value is -1.48. The van der Waals surface area contributed by atoms with Crippen molar-refractivity contribution in [1.29, 1.82) is 0 Å². The highest BCUT2D eigenvalue weighted by molar-refractivity contribution is 6.03. The van der Waals surface area contributed by atoms with Crippen LogP contribution in [0.3, 0.4) is 0 Å². The van der Waals surface area contributed by atoms with E-state index in [9.17, 15) is 14.7 Å². The van der Waals surface area contributed by atoms with E-state index in [1.807, 2.05) is 12.1 Å². The molecule has 0 aromatic heterocycles. The molecule has 0 aliphatic heterocycles. The van der Waals surface area contributed by atoms with Crippen molar-refractivity contribution in [2.75, 3.05) is 0 Å². The van der Waals surface area contributed by atoms with Gasteiger partial charge < -0.3 is 5.11 Å². The molecule has 1 aromatic rings. The lowest BCUT2D eigenvalue weighted by Crippen LogP contribution is -2.54. The Morgan fingerprint density at radius 2 is 1.95 bits per heavy atom. The van der Waals surface area contributed by atoms with Gasteiger partial charge in [-0.2, -0.15) is 0 Å². The number of benzene rings is 1. The predicted molar refractivity (Wildman–Crippen MR) is 85.3 cm³/mol. The van der Waals surface area contributed by atoms with Crippen LogP contribution in [0.25, 0.3) is 0 Å². The molecule has 2 aliphatic rings. The minimum absolute atomic E-state index is 0.0118. The van der Waals surface area contributed by atoms with Crippen LogP contribution in [0.15, 0.2) is 18.2 Å². The van der Waals surface area contributed by atoms with Crippen LogP contribution in [0.1, 0.15) is 73.2 Å². The van der Waals surface area contributed by atoms with E-state index in [0.29, 0.717) is 17.5 Å². The molecule has 0 radical (unpaired) electrons. The normalized spacial score (nSPS) is 33.0. The fourth-order valence-corrected chi connectivity index (χ4v) is 4.63. The molecular weight excluding hydrogens is 276 g/mol. The summed E-state index contributed by atoms with van der Waals surface area (Å²) in [6, 6.07) is 5.56. The van der Waals surface area contributed by atoms with Crippen molar-refractivity contribution in [1.82, 2.24) is 0 Å². The molecule has 1 saturated carbocycles. The standard InChI is InChI=1S/C19H24O3/c1-11(20)12-5-6-14-13(9-12)15(21)10-16-18(2,3)17(22)7-8-19(14,16)4/h5-6,9,16-17,22H,7-8,10H2,1-4H3/t16-,17+,19+/m0/s1. The fourth-order valence-electron chi connectivity index (χ4n) is 4.63. The highest BCUT2D eigenvalue weighted by atomic mass is 16.3. The molecule has 0 saturated heterocycles. The summed E-state index contributed by atoms with van der Waals surface area (Å²) in [4.78, 5) is 24.3. The number of carbonyl (C=O) groups is 2. The third-order valence-electron chi connectivity index (χ3n) is 6.19. The van der Waals surface area contributed by atoms with Gasteiger partial charge in [-0.3, -0.25) is 9.59 Å². The second kappa shape index (κ2) is 4.76. The third kappa shape index (κ3) is 1.98. The van der Waals surface area contributed by atoms with Gasteiger partial charge in [0.25, 0.3) is 0 Å². The molecule has 1 aromatic carbocycles. The fraction of sp³-hybridized carbons (Fsp3) is 0.579. The molecule has 0 heterocycles. The number of carbonyl (C=O) groups excluding carboxylic acids is 2. The molecular formula is C19H24O3. The van der Waals surface area contributed by atoms with Crippen LogP contribution in [0.5, 0.6) is 0 Å². The van der Waals surface area contributed by atoms with Crippen molar-refractivity contribution in [3.63, 3.8) is 0 Å². The first kappa shape index (κ1) is 15.4. The Labute approximate surface area is 131 Å². The maximum atomic E-state index is 12.7. The van der Waals surface area contributed by atoms with Gasteiger partial charge in [-0.25, -0.2) is 0 Å². The number of ketones is 2. The van der Waals surface area contributed by atoms with E-state index < -0.39 is 0 Å². The van der Waals surface area contributed by atoms with Crippen LogP contribution in [0.4, 0.5) is 0 Å². The Balaban J connectivity index is 2.16. The van der Waals surface area contributed by atoms with Crippen molar-refractivity contribution >= 4 is 11.6 Å². The topological polar surface area (TPSA) is 54.4 Å². The van der Waals surface area contributed by atoms with E-state index in [2.05, 4.69) is 20.8 Å². The summed E-state index contributed by atoms with van der Waals surface area (Å²) in [5, 5.41) is 10.4. The minimum atomic E-state index is -0.364. The van der Waals surface area contributed by atoms with Gasteiger partial charge in [-0.15, -0.1) is 0 Å². The average molecular weight is 300 g/mol. The Bertz CT molecular complexity index is 659. The first-order chi connectivity index (χ1) is 10.2. The SMILES string of the molecule is CC(=O)c1ccc2c(c1)C(=O)C[C@H]1C(C)(C)[C@H](O)CC[C@]21C. The lowest BCUT2D eigenvalue weighted by atomic mass is 9.49. The summed E-state index contributed by atoms with van der Waals surface area (Å²) < 4.78 is 0. The quantitative estimate of drug-likeness (QED) is 0.807. The molecule has 0 unspecified atom stereocenters. The van der Waals surface area contributed by atoms with Gasteiger partial charge in [0.05, 0.1) is 6.10 Å². The van der Waals surface area contributed by atoms with E-state index in [0.717, 1.165) is 18.4 Å². The van der Waals surface area contributed by atoms with E-state index in [1.165, 1.54) is 6.92 Å². The van der Waals surface area contributed by atoms with Gasteiger partial charge in [-0.05, 0) is 48.1 Å². The number of aliphatic hydroxyl groups excluding tert-OH is 1. The van der Waals surface area contributed by atoms with Gasteiger partial charge in [0.15, 0.2) is 11.6 Å². The molecule has 1 N–H and O–H groups in total. The van der Waals surface area contributed by atoms with Gasteiger partial charge in [-0.1, -0.05) is 32.9 Å². The van der Waals surface area contributed by atoms with Crippen LogP contribution >= 0.6 is 0 Å². The molecule has 0 amide bonds. The number of aliphatic hydroxyl groups is 1. The van der Waals surface area contributed by atoms with Gasteiger partial charge in [0.1, 0.15) is 0 Å².